The van der Waals surface area contributed by atoms with Crippen molar-refractivity contribution < 1.29 is 23.4 Å². The minimum absolute atomic E-state index is 0.265. The summed E-state index contributed by atoms with van der Waals surface area (Å²) in [5.74, 6) is 0.734. The standard InChI is InChI=1S/C18H21FN2O4/c1-11(20-14-7-5-12(19)9-16(14)24-3)18(22)21-13-6-8-15(23-2)17(10-13)25-4/h5-11,20H,1-4H3,(H,21,22). The molecule has 0 aliphatic rings. The predicted molar refractivity (Wildman–Crippen MR) is 94.2 cm³/mol. The third kappa shape index (κ3) is 4.53. The Balaban J connectivity index is 2.08. The number of ether oxygens (including phenoxy) is 3. The van der Waals surface area contributed by atoms with E-state index in [-0.39, 0.29) is 5.91 Å². The number of halogens is 1. The van der Waals surface area contributed by atoms with Crippen molar-refractivity contribution in [3.63, 3.8) is 0 Å². The van der Waals surface area contributed by atoms with E-state index in [0.29, 0.717) is 28.6 Å². The van der Waals surface area contributed by atoms with E-state index >= 15 is 0 Å². The Hall–Kier alpha value is -2.96. The summed E-state index contributed by atoms with van der Waals surface area (Å²) in [6, 6.07) is 8.58. The maximum atomic E-state index is 13.2. The van der Waals surface area contributed by atoms with Gasteiger partial charge in [-0.1, -0.05) is 0 Å². The second kappa shape index (κ2) is 8.23. The smallest absolute Gasteiger partial charge is 0.246 e. The predicted octanol–water partition coefficient (Wildman–Crippen LogP) is 3.29. The van der Waals surface area contributed by atoms with E-state index in [4.69, 9.17) is 14.2 Å². The number of hydrogen-bond donors (Lipinski definition) is 2. The molecular formula is C18H21FN2O4. The molecule has 2 aromatic rings. The molecule has 7 heteroatoms. The van der Waals surface area contributed by atoms with E-state index in [1.54, 1.807) is 25.1 Å². The van der Waals surface area contributed by atoms with E-state index in [1.165, 1.54) is 39.5 Å². The van der Waals surface area contributed by atoms with Crippen molar-refractivity contribution in [1.29, 1.82) is 0 Å². The van der Waals surface area contributed by atoms with Gasteiger partial charge in [0.1, 0.15) is 17.6 Å². The number of benzene rings is 2. The van der Waals surface area contributed by atoms with Crippen molar-refractivity contribution in [3.05, 3.63) is 42.2 Å². The summed E-state index contributed by atoms with van der Waals surface area (Å²) in [5.41, 5.74) is 1.10. The van der Waals surface area contributed by atoms with Crippen LogP contribution in [-0.4, -0.2) is 33.3 Å². The highest BCUT2D eigenvalue weighted by Gasteiger charge is 2.16. The molecule has 1 unspecified atom stereocenters. The van der Waals surface area contributed by atoms with Crippen molar-refractivity contribution in [1.82, 2.24) is 0 Å². The molecule has 6 nitrogen and oxygen atoms in total. The second-order valence-electron chi connectivity index (χ2n) is 5.27. The Morgan fingerprint density at radius 2 is 1.64 bits per heavy atom. The average molecular weight is 348 g/mol. The third-order valence-electron chi connectivity index (χ3n) is 3.58. The van der Waals surface area contributed by atoms with Gasteiger partial charge < -0.3 is 24.8 Å². The van der Waals surface area contributed by atoms with Gasteiger partial charge in [0.15, 0.2) is 11.5 Å². The highest BCUT2D eigenvalue weighted by molar-refractivity contribution is 5.96. The van der Waals surface area contributed by atoms with Gasteiger partial charge in [0, 0.05) is 17.8 Å². The normalized spacial score (nSPS) is 11.4. The summed E-state index contributed by atoms with van der Waals surface area (Å²) in [5, 5.41) is 5.79. The lowest BCUT2D eigenvalue weighted by Gasteiger charge is -2.18. The molecule has 2 rings (SSSR count). The number of anilines is 2. The molecule has 0 aromatic heterocycles. The zero-order valence-corrected chi connectivity index (χ0v) is 14.6. The molecule has 0 bridgehead atoms. The highest BCUT2D eigenvalue weighted by Crippen LogP contribution is 2.30. The molecule has 0 aliphatic heterocycles. The second-order valence-corrected chi connectivity index (χ2v) is 5.27. The fourth-order valence-electron chi connectivity index (χ4n) is 2.25. The van der Waals surface area contributed by atoms with Gasteiger partial charge in [-0.3, -0.25) is 4.79 Å². The fraction of sp³-hybridized carbons (Fsp3) is 0.278. The lowest BCUT2D eigenvalue weighted by molar-refractivity contribution is -0.116. The molecule has 1 atom stereocenters. The van der Waals surface area contributed by atoms with Gasteiger partial charge in [-0.15, -0.1) is 0 Å². The van der Waals surface area contributed by atoms with Gasteiger partial charge in [-0.05, 0) is 31.2 Å². The summed E-state index contributed by atoms with van der Waals surface area (Å²) in [7, 11) is 4.50. The van der Waals surface area contributed by atoms with E-state index < -0.39 is 11.9 Å². The molecular weight excluding hydrogens is 327 g/mol. The first-order valence-electron chi connectivity index (χ1n) is 7.61. The van der Waals surface area contributed by atoms with Crippen LogP contribution in [0, 0.1) is 5.82 Å². The number of hydrogen-bond acceptors (Lipinski definition) is 5. The van der Waals surface area contributed by atoms with E-state index in [1.807, 2.05) is 0 Å². The van der Waals surface area contributed by atoms with Crippen LogP contribution in [0.4, 0.5) is 15.8 Å². The number of rotatable bonds is 7. The van der Waals surface area contributed by atoms with Crippen LogP contribution in [0.15, 0.2) is 36.4 Å². The summed E-state index contributed by atoms with van der Waals surface area (Å²) >= 11 is 0. The van der Waals surface area contributed by atoms with Crippen LogP contribution in [-0.2, 0) is 4.79 Å². The van der Waals surface area contributed by atoms with Crippen molar-refractivity contribution >= 4 is 17.3 Å². The summed E-state index contributed by atoms with van der Waals surface area (Å²) in [6.07, 6.45) is 0. The number of methoxy groups -OCH3 is 3. The topological polar surface area (TPSA) is 68.8 Å². The zero-order valence-electron chi connectivity index (χ0n) is 14.6. The molecule has 0 saturated heterocycles. The molecule has 25 heavy (non-hydrogen) atoms. The van der Waals surface area contributed by atoms with Crippen LogP contribution >= 0.6 is 0 Å². The van der Waals surface area contributed by atoms with Gasteiger partial charge in [0.25, 0.3) is 0 Å². The SMILES string of the molecule is COc1cc(F)ccc1NC(C)C(=O)Nc1ccc(OC)c(OC)c1. The molecule has 0 radical (unpaired) electrons. The lowest BCUT2D eigenvalue weighted by atomic mass is 10.2. The highest BCUT2D eigenvalue weighted by atomic mass is 19.1. The molecule has 0 fully saturated rings. The van der Waals surface area contributed by atoms with Crippen molar-refractivity contribution in [2.45, 2.75) is 13.0 Å². The number of nitrogens with one attached hydrogen (secondary N) is 2. The minimum Gasteiger partial charge on any atom is -0.494 e. The number of carbonyl (C=O) groups is 1. The average Bonchev–Trinajstić information content (AvgIpc) is 2.62. The molecule has 0 heterocycles. The number of amides is 1. The lowest BCUT2D eigenvalue weighted by Crippen LogP contribution is -2.32. The summed E-state index contributed by atoms with van der Waals surface area (Å²) < 4.78 is 28.7. The monoisotopic (exact) mass is 348 g/mol. The van der Waals surface area contributed by atoms with Gasteiger partial charge in [-0.2, -0.15) is 0 Å². The molecule has 2 N–H and O–H groups in total. The van der Waals surface area contributed by atoms with Crippen LogP contribution in [0.25, 0.3) is 0 Å². The first kappa shape index (κ1) is 18.4. The van der Waals surface area contributed by atoms with Gasteiger partial charge in [0.2, 0.25) is 5.91 Å². The van der Waals surface area contributed by atoms with Gasteiger partial charge >= 0.3 is 0 Å². The van der Waals surface area contributed by atoms with E-state index in [9.17, 15) is 9.18 Å². The first-order chi connectivity index (χ1) is 12.0. The molecule has 134 valence electrons. The zero-order chi connectivity index (χ0) is 18.4. The molecule has 2 aromatic carbocycles. The maximum Gasteiger partial charge on any atom is 0.246 e. The van der Waals surface area contributed by atoms with Crippen molar-refractivity contribution in [3.8, 4) is 17.2 Å². The quantitative estimate of drug-likeness (QED) is 0.804. The van der Waals surface area contributed by atoms with Gasteiger partial charge in [0.05, 0.1) is 27.0 Å². The van der Waals surface area contributed by atoms with E-state index in [2.05, 4.69) is 10.6 Å². The van der Waals surface area contributed by atoms with Crippen LogP contribution in [0.3, 0.4) is 0 Å². The maximum absolute atomic E-state index is 13.2. The third-order valence-corrected chi connectivity index (χ3v) is 3.58. The molecule has 0 saturated carbocycles. The van der Waals surface area contributed by atoms with E-state index in [0.717, 1.165) is 0 Å². The van der Waals surface area contributed by atoms with Crippen LogP contribution in [0.2, 0.25) is 0 Å². The Kier molecular flexibility index (Phi) is 6.05. The summed E-state index contributed by atoms with van der Waals surface area (Å²) in [4.78, 5) is 12.4. The minimum atomic E-state index is -0.576. The fourth-order valence-corrected chi connectivity index (χ4v) is 2.25. The van der Waals surface area contributed by atoms with Crippen LogP contribution in [0.5, 0.6) is 17.2 Å². The Labute approximate surface area is 145 Å². The Morgan fingerprint density at radius 1 is 0.960 bits per heavy atom. The molecule has 0 aliphatic carbocycles. The van der Waals surface area contributed by atoms with Crippen LogP contribution in [0.1, 0.15) is 6.92 Å². The van der Waals surface area contributed by atoms with Gasteiger partial charge in [-0.25, -0.2) is 4.39 Å². The summed E-state index contributed by atoms with van der Waals surface area (Å²) in [6.45, 7) is 1.69. The first-order valence-corrected chi connectivity index (χ1v) is 7.61. The number of carbonyl (C=O) groups excluding carboxylic acids is 1. The van der Waals surface area contributed by atoms with Crippen molar-refractivity contribution in [2.75, 3.05) is 32.0 Å². The van der Waals surface area contributed by atoms with Crippen LogP contribution < -0.4 is 24.8 Å². The van der Waals surface area contributed by atoms with Crippen molar-refractivity contribution in [2.24, 2.45) is 0 Å². The Morgan fingerprint density at radius 3 is 2.28 bits per heavy atom. The molecule has 0 spiro atoms. The Bertz CT molecular complexity index is 752. The molecule has 1 amide bonds. The largest absolute Gasteiger partial charge is 0.494 e.